The van der Waals surface area contributed by atoms with E-state index in [2.05, 4.69) is 36.6 Å². The van der Waals surface area contributed by atoms with Gasteiger partial charge in [0.2, 0.25) is 0 Å². The van der Waals surface area contributed by atoms with E-state index in [4.69, 9.17) is 17.3 Å². The summed E-state index contributed by atoms with van der Waals surface area (Å²) in [6.07, 6.45) is 6.51. The molecule has 1 fully saturated rings. The highest BCUT2D eigenvalue weighted by Crippen LogP contribution is 2.30. The van der Waals surface area contributed by atoms with E-state index in [1.807, 2.05) is 0 Å². The first kappa shape index (κ1) is 13.2. The Balaban J connectivity index is 2.53. The third-order valence-electron chi connectivity index (χ3n) is 2.81. The minimum Gasteiger partial charge on any atom is -0.395 e. The third kappa shape index (κ3) is 3.32. The second kappa shape index (κ2) is 6.66. The molecule has 1 saturated carbocycles. The Kier molecular flexibility index (Phi) is 5.49. The molecule has 0 saturated heterocycles. The molecule has 0 spiro atoms. The molecular formula is C12H20N2OS. The van der Waals surface area contributed by atoms with E-state index in [1.54, 1.807) is 0 Å². The van der Waals surface area contributed by atoms with Crippen LogP contribution >= 0.6 is 12.2 Å². The molecule has 1 atom stereocenters. The second-order valence-corrected chi connectivity index (χ2v) is 4.18. The quantitative estimate of drug-likeness (QED) is 0.654. The molecule has 0 radical (unpaired) electrons. The van der Waals surface area contributed by atoms with Gasteiger partial charge in [-0.1, -0.05) is 12.2 Å². The maximum Gasteiger partial charge on any atom is 0.166 e. The highest BCUT2D eigenvalue weighted by atomic mass is 32.1. The van der Waals surface area contributed by atoms with Gasteiger partial charge >= 0.3 is 0 Å². The van der Waals surface area contributed by atoms with Crippen LogP contribution in [0.25, 0.3) is 0 Å². The van der Waals surface area contributed by atoms with Crippen LogP contribution in [-0.4, -0.2) is 29.4 Å². The SMILES string of the molecule is C/C=C1/CCC(NC(=S)NCCO)/C1=C/C. The van der Waals surface area contributed by atoms with Gasteiger partial charge in [-0.25, -0.2) is 0 Å². The Bertz CT molecular complexity index is 310. The summed E-state index contributed by atoms with van der Waals surface area (Å²) < 4.78 is 0. The number of aliphatic hydroxyl groups is 1. The maximum absolute atomic E-state index is 8.68. The van der Waals surface area contributed by atoms with Crippen LogP contribution in [0, 0.1) is 0 Å². The van der Waals surface area contributed by atoms with E-state index >= 15 is 0 Å². The molecule has 16 heavy (non-hydrogen) atoms. The topological polar surface area (TPSA) is 44.3 Å². The molecule has 0 aromatic rings. The number of aliphatic hydroxyl groups excluding tert-OH is 1. The number of allylic oxidation sites excluding steroid dienone is 2. The summed E-state index contributed by atoms with van der Waals surface area (Å²) >= 11 is 5.15. The molecule has 0 amide bonds. The minimum absolute atomic E-state index is 0.100. The summed E-state index contributed by atoms with van der Waals surface area (Å²) in [7, 11) is 0. The first-order valence-electron chi connectivity index (χ1n) is 5.70. The lowest BCUT2D eigenvalue weighted by atomic mass is 10.1. The Morgan fingerprint density at radius 3 is 2.81 bits per heavy atom. The molecule has 1 rings (SSSR count). The van der Waals surface area contributed by atoms with Crippen molar-refractivity contribution < 1.29 is 5.11 Å². The average molecular weight is 240 g/mol. The summed E-state index contributed by atoms with van der Waals surface area (Å²) in [4.78, 5) is 0. The van der Waals surface area contributed by atoms with Crippen LogP contribution in [0.15, 0.2) is 23.3 Å². The molecule has 3 N–H and O–H groups in total. The van der Waals surface area contributed by atoms with Crippen molar-refractivity contribution in [3.05, 3.63) is 23.3 Å². The van der Waals surface area contributed by atoms with Crippen LogP contribution in [0.2, 0.25) is 0 Å². The predicted octanol–water partition coefficient (Wildman–Crippen LogP) is 1.50. The number of hydrogen-bond acceptors (Lipinski definition) is 2. The molecule has 1 aliphatic rings. The molecule has 0 aromatic heterocycles. The first-order chi connectivity index (χ1) is 7.72. The van der Waals surface area contributed by atoms with Crippen LogP contribution in [-0.2, 0) is 0 Å². The van der Waals surface area contributed by atoms with Crippen LogP contribution in [0.3, 0.4) is 0 Å². The number of hydrogen-bond donors (Lipinski definition) is 3. The van der Waals surface area contributed by atoms with E-state index in [0.29, 0.717) is 17.7 Å². The molecular weight excluding hydrogens is 220 g/mol. The van der Waals surface area contributed by atoms with Gasteiger partial charge in [0.15, 0.2) is 5.11 Å². The number of thiocarbonyl (C=S) groups is 1. The number of nitrogens with one attached hydrogen (secondary N) is 2. The minimum atomic E-state index is 0.100. The van der Waals surface area contributed by atoms with Gasteiger partial charge in [-0.15, -0.1) is 0 Å². The summed E-state index contributed by atoms with van der Waals surface area (Å²) in [5.74, 6) is 0. The van der Waals surface area contributed by atoms with Crippen LogP contribution in [0.4, 0.5) is 0 Å². The zero-order valence-electron chi connectivity index (χ0n) is 9.92. The fraction of sp³-hybridized carbons (Fsp3) is 0.583. The van der Waals surface area contributed by atoms with E-state index < -0.39 is 0 Å². The fourth-order valence-corrected chi connectivity index (χ4v) is 2.29. The number of rotatable bonds is 3. The largest absolute Gasteiger partial charge is 0.395 e. The highest BCUT2D eigenvalue weighted by molar-refractivity contribution is 7.80. The van der Waals surface area contributed by atoms with Crippen molar-refractivity contribution >= 4 is 17.3 Å². The van der Waals surface area contributed by atoms with Crippen molar-refractivity contribution in [1.82, 2.24) is 10.6 Å². The van der Waals surface area contributed by atoms with E-state index in [9.17, 15) is 0 Å². The third-order valence-corrected chi connectivity index (χ3v) is 3.07. The van der Waals surface area contributed by atoms with Crippen molar-refractivity contribution in [2.24, 2.45) is 0 Å². The Morgan fingerprint density at radius 2 is 2.25 bits per heavy atom. The van der Waals surface area contributed by atoms with Crippen molar-refractivity contribution in [3.8, 4) is 0 Å². The zero-order valence-corrected chi connectivity index (χ0v) is 10.7. The van der Waals surface area contributed by atoms with E-state index in [1.165, 1.54) is 11.1 Å². The van der Waals surface area contributed by atoms with Gasteiger partial charge < -0.3 is 15.7 Å². The molecule has 0 aliphatic heterocycles. The van der Waals surface area contributed by atoms with Gasteiger partial charge in [-0.05, 0) is 50.1 Å². The first-order valence-corrected chi connectivity index (χ1v) is 6.10. The second-order valence-electron chi connectivity index (χ2n) is 3.77. The molecule has 4 heteroatoms. The summed E-state index contributed by atoms with van der Waals surface area (Å²) in [5, 5.41) is 15.5. The lowest BCUT2D eigenvalue weighted by Crippen LogP contribution is -2.42. The van der Waals surface area contributed by atoms with Gasteiger partial charge in [-0.2, -0.15) is 0 Å². The molecule has 0 heterocycles. The smallest absolute Gasteiger partial charge is 0.166 e. The Labute approximate surface area is 103 Å². The summed E-state index contributed by atoms with van der Waals surface area (Å²) in [5.41, 5.74) is 2.75. The monoisotopic (exact) mass is 240 g/mol. The summed E-state index contributed by atoms with van der Waals surface area (Å²) in [6.45, 7) is 4.73. The predicted molar refractivity (Wildman–Crippen MR) is 71.4 cm³/mol. The van der Waals surface area contributed by atoms with Crippen molar-refractivity contribution in [1.29, 1.82) is 0 Å². The van der Waals surface area contributed by atoms with Crippen molar-refractivity contribution in [2.75, 3.05) is 13.2 Å². The Hall–Kier alpha value is -0.870. The van der Waals surface area contributed by atoms with Gasteiger partial charge in [0, 0.05) is 6.54 Å². The summed E-state index contributed by atoms with van der Waals surface area (Å²) in [6, 6.07) is 0.315. The van der Waals surface area contributed by atoms with Crippen molar-refractivity contribution in [3.63, 3.8) is 0 Å². The normalized spacial score (nSPS) is 25.1. The van der Waals surface area contributed by atoms with Gasteiger partial charge in [0.25, 0.3) is 0 Å². The van der Waals surface area contributed by atoms with Gasteiger partial charge in [0.05, 0.1) is 12.6 Å². The molecule has 3 nitrogen and oxygen atoms in total. The van der Waals surface area contributed by atoms with Gasteiger partial charge in [0.1, 0.15) is 0 Å². The molecule has 0 bridgehead atoms. The molecule has 1 unspecified atom stereocenters. The van der Waals surface area contributed by atoms with Crippen molar-refractivity contribution in [2.45, 2.75) is 32.7 Å². The highest BCUT2D eigenvalue weighted by Gasteiger charge is 2.24. The lowest BCUT2D eigenvalue weighted by molar-refractivity contribution is 0.300. The van der Waals surface area contributed by atoms with E-state index in [0.717, 1.165) is 12.8 Å². The fourth-order valence-electron chi connectivity index (χ4n) is 2.05. The van der Waals surface area contributed by atoms with Crippen LogP contribution in [0.1, 0.15) is 26.7 Å². The standard InChI is InChI=1S/C12H20N2OS/c1-3-9-5-6-11(10(9)4-2)14-12(16)13-7-8-15/h3-4,11,15H,5-8H2,1-2H3,(H2,13,14,16)/b9-3-,10-4+. The molecule has 90 valence electrons. The molecule has 0 aromatic carbocycles. The van der Waals surface area contributed by atoms with Crippen LogP contribution < -0.4 is 10.6 Å². The average Bonchev–Trinajstić information content (AvgIpc) is 2.68. The van der Waals surface area contributed by atoms with Gasteiger partial charge in [-0.3, -0.25) is 0 Å². The Morgan fingerprint density at radius 1 is 1.50 bits per heavy atom. The van der Waals surface area contributed by atoms with Crippen LogP contribution in [0.5, 0.6) is 0 Å². The van der Waals surface area contributed by atoms with E-state index in [-0.39, 0.29) is 6.61 Å². The maximum atomic E-state index is 8.68. The lowest BCUT2D eigenvalue weighted by Gasteiger charge is -2.17. The zero-order chi connectivity index (χ0) is 12.0. The molecule has 1 aliphatic carbocycles.